The molecule has 3 aromatic rings. The normalized spacial score (nSPS) is 18.4. The highest BCUT2D eigenvalue weighted by Crippen LogP contribution is 2.36. The lowest BCUT2D eigenvalue weighted by molar-refractivity contribution is 0.148. The predicted octanol–water partition coefficient (Wildman–Crippen LogP) is 5.59. The van der Waals surface area contributed by atoms with E-state index in [0.29, 0.717) is 6.04 Å². The van der Waals surface area contributed by atoms with Crippen LogP contribution in [0.4, 0.5) is 5.95 Å². The summed E-state index contributed by atoms with van der Waals surface area (Å²) in [6.45, 7) is 8.89. The van der Waals surface area contributed by atoms with Crippen LogP contribution in [0.1, 0.15) is 63.5 Å². The summed E-state index contributed by atoms with van der Waals surface area (Å²) in [5, 5.41) is 1.18. The fourth-order valence-electron chi connectivity index (χ4n) is 5.62. The highest BCUT2D eigenvalue weighted by atomic mass is 15.3. The van der Waals surface area contributed by atoms with Gasteiger partial charge < -0.3 is 14.4 Å². The van der Waals surface area contributed by atoms with Gasteiger partial charge in [-0.25, -0.2) is 4.98 Å². The van der Waals surface area contributed by atoms with Crippen LogP contribution in [-0.2, 0) is 6.54 Å². The van der Waals surface area contributed by atoms with E-state index in [-0.39, 0.29) is 0 Å². The molecule has 188 valence electrons. The van der Waals surface area contributed by atoms with Crippen LogP contribution in [0.3, 0.4) is 0 Å². The number of hydrogen-bond donors (Lipinski definition) is 0. The second-order valence-electron chi connectivity index (χ2n) is 10.7. The van der Waals surface area contributed by atoms with Crippen LogP contribution in [-0.4, -0.2) is 71.2 Å². The van der Waals surface area contributed by atoms with E-state index in [4.69, 9.17) is 9.97 Å². The maximum absolute atomic E-state index is 5.12. The molecule has 2 aliphatic rings. The molecule has 0 bridgehead atoms. The Kier molecular flexibility index (Phi) is 7.69. The van der Waals surface area contributed by atoms with Gasteiger partial charge >= 0.3 is 0 Å². The number of fused-ring (bicyclic) bond motifs is 1. The summed E-state index contributed by atoms with van der Waals surface area (Å²) in [5.41, 5.74) is 5.02. The number of aromatic nitrogens is 3. The zero-order chi connectivity index (χ0) is 24.2. The number of unbranched alkanes of at least 4 members (excludes halogenated alkanes) is 1. The van der Waals surface area contributed by atoms with Gasteiger partial charge in [0.05, 0.1) is 0 Å². The van der Waals surface area contributed by atoms with Crippen LogP contribution < -0.4 is 4.90 Å². The lowest BCUT2D eigenvalue weighted by Crippen LogP contribution is -2.43. The molecule has 1 aliphatic carbocycles. The Labute approximate surface area is 211 Å². The van der Waals surface area contributed by atoms with E-state index < -0.39 is 0 Å². The van der Waals surface area contributed by atoms with E-state index in [1.54, 1.807) is 0 Å². The highest BCUT2D eigenvalue weighted by molar-refractivity contribution is 5.94. The molecule has 6 heteroatoms. The number of likely N-dealkylation sites (N-methyl/N-ethyl adjacent to an activating group) is 1. The minimum absolute atomic E-state index is 0.542. The third-order valence-corrected chi connectivity index (χ3v) is 7.98. The van der Waals surface area contributed by atoms with E-state index in [9.17, 15) is 0 Å². The molecule has 1 saturated carbocycles. The molecular formula is C29H42N6. The number of anilines is 1. The number of benzene rings is 1. The van der Waals surface area contributed by atoms with E-state index in [0.717, 1.165) is 57.3 Å². The number of rotatable bonds is 8. The molecule has 3 heterocycles. The second-order valence-corrected chi connectivity index (χ2v) is 10.7. The van der Waals surface area contributed by atoms with Crippen molar-refractivity contribution in [3.05, 3.63) is 42.2 Å². The van der Waals surface area contributed by atoms with Crippen molar-refractivity contribution in [2.24, 2.45) is 0 Å². The standard InChI is InChI=1S/C29H42N6/c1-4-5-15-33(3)29-30-20-26-27(22-35(28(26)31-29)25-9-7-6-8-10-25)24-13-11-23(12-14-24)21-34-18-16-32(2)17-19-34/h11-14,20,22,25H,4-10,15-19,21H2,1-3H3. The molecule has 0 spiro atoms. The summed E-state index contributed by atoms with van der Waals surface area (Å²) < 4.78 is 2.47. The van der Waals surface area contributed by atoms with E-state index >= 15 is 0 Å². The summed E-state index contributed by atoms with van der Waals surface area (Å²) in [7, 11) is 4.33. The maximum atomic E-state index is 5.12. The smallest absolute Gasteiger partial charge is 0.227 e. The first kappa shape index (κ1) is 24.3. The Morgan fingerprint density at radius 3 is 2.46 bits per heavy atom. The van der Waals surface area contributed by atoms with Crippen LogP contribution in [0, 0.1) is 0 Å². The molecule has 0 amide bonds. The second kappa shape index (κ2) is 11.1. The van der Waals surface area contributed by atoms with Gasteiger partial charge in [0.15, 0.2) is 0 Å². The molecule has 0 N–H and O–H groups in total. The van der Waals surface area contributed by atoms with E-state index in [1.807, 2.05) is 0 Å². The van der Waals surface area contributed by atoms with Crippen LogP contribution in [0.25, 0.3) is 22.2 Å². The highest BCUT2D eigenvalue weighted by Gasteiger charge is 2.22. The molecule has 2 aromatic heterocycles. The summed E-state index contributed by atoms with van der Waals surface area (Å²) in [4.78, 5) is 17.1. The number of nitrogens with zero attached hydrogens (tertiary/aromatic N) is 6. The number of hydrogen-bond acceptors (Lipinski definition) is 5. The monoisotopic (exact) mass is 474 g/mol. The van der Waals surface area contributed by atoms with Crippen molar-refractivity contribution < 1.29 is 0 Å². The van der Waals surface area contributed by atoms with Gasteiger partial charge in [-0.05, 0) is 37.4 Å². The van der Waals surface area contributed by atoms with Crippen molar-refractivity contribution in [2.75, 3.05) is 51.7 Å². The van der Waals surface area contributed by atoms with Gasteiger partial charge in [0.1, 0.15) is 5.65 Å². The van der Waals surface area contributed by atoms with Crippen LogP contribution in [0.15, 0.2) is 36.7 Å². The zero-order valence-corrected chi connectivity index (χ0v) is 21.9. The molecule has 1 saturated heterocycles. The fourth-order valence-corrected chi connectivity index (χ4v) is 5.62. The predicted molar refractivity (Wildman–Crippen MR) is 146 cm³/mol. The molecular weight excluding hydrogens is 432 g/mol. The molecule has 35 heavy (non-hydrogen) atoms. The first-order chi connectivity index (χ1) is 17.1. The van der Waals surface area contributed by atoms with E-state index in [2.05, 4.69) is 76.9 Å². The Hall–Kier alpha value is -2.44. The van der Waals surface area contributed by atoms with Gasteiger partial charge in [-0.15, -0.1) is 0 Å². The van der Waals surface area contributed by atoms with Gasteiger partial charge in [0.2, 0.25) is 5.95 Å². The van der Waals surface area contributed by atoms with Crippen LogP contribution >= 0.6 is 0 Å². The van der Waals surface area contributed by atoms with Crippen molar-refractivity contribution in [1.82, 2.24) is 24.3 Å². The molecule has 0 unspecified atom stereocenters. The van der Waals surface area contributed by atoms with Crippen molar-refractivity contribution in [1.29, 1.82) is 0 Å². The first-order valence-corrected chi connectivity index (χ1v) is 13.7. The van der Waals surface area contributed by atoms with Gasteiger partial charge in [0, 0.05) is 75.7 Å². The Morgan fingerprint density at radius 2 is 1.74 bits per heavy atom. The first-order valence-electron chi connectivity index (χ1n) is 13.7. The molecule has 1 aliphatic heterocycles. The van der Waals surface area contributed by atoms with Crippen molar-refractivity contribution >= 4 is 17.0 Å². The zero-order valence-electron chi connectivity index (χ0n) is 21.9. The van der Waals surface area contributed by atoms with Crippen molar-refractivity contribution in [3.8, 4) is 11.1 Å². The largest absolute Gasteiger partial charge is 0.344 e. The van der Waals surface area contributed by atoms with Crippen LogP contribution in [0.5, 0.6) is 0 Å². The van der Waals surface area contributed by atoms with E-state index in [1.165, 1.54) is 60.6 Å². The minimum atomic E-state index is 0.542. The van der Waals surface area contributed by atoms with Crippen molar-refractivity contribution in [3.63, 3.8) is 0 Å². The lowest BCUT2D eigenvalue weighted by Gasteiger charge is -2.32. The van der Waals surface area contributed by atoms with Gasteiger partial charge in [-0.2, -0.15) is 4.98 Å². The average molecular weight is 475 g/mol. The summed E-state index contributed by atoms with van der Waals surface area (Å²) in [6.07, 6.45) is 13.2. The molecule has 0 atom stereocenters. The SMILES string of the molecule is CCCCN(C)c1ncc2c(-c3ccc(CN4CCN(C)CC4)cc3)cn(C3CCCCC3)c2n1. The molecule has 2 fully saturated rings. The minimum Gasteiger partial charge on any atom is -0.344 e. The maximum Gasteiger partial charge on any atom is 0.227 e. The summed E-state index contributed by atoms with van der Waals surface area (Å²) in [5.74, 6) is 0.843. The molecule has 1 aromatic carbocycles. The van der Waals surface area contributed by atoms with Crippen molar-refractivity contribution in [2.45, 2.75) is 64.5 Å². The Bertz CT molecular complexity index is 1090. The Balaban J connectivity index is 1.43. The summed E-state index contributed by atoms with van der Waals surface area (Å²) >= 11 is 0. The molecule has 0 radical (unpaired) electrons. The summed E-state index contributed by atoms with van der Waals surface area (Å²) in [6, 6.07) is 9.76. The average Bonchev–Trinajstić information content (AvgIpc) is 3.28. The lowest BCUT2D eigenvalue weighted by atomic mass is 9.95. The third-order valence-electron chi connectivity index (χ3n) is 7.98. The Morgan fingerprint density at radius 1 is 1.00 bits per heavy atom. The quantitative estimate of drug-likeness (QED) is 0.426. The third kappa shape index (κ3) is 5.54. The fraction of sp³-hybridized carbons (Fsp3) is 0.586. The van der Waals surface area contributed by atoms with Gasteiger partial charge in [0.25, 0.3) is 0 Å². The van der Waals surface area contributed by atoms with Gasteiger partial charge in [-0.3, -0.25) is 4.90 Å². The molecule has 5 rings (SSSR count). The van der Waals surface area contributed by atoms with Crippen LogP contribution in [0.2, 0.25) is 0 Å². The topological polar surface area (TPSA) is 40.4 Å². The number of piperazine rings is 1. The van der Waals surface area contributed by atoms with Gasteiger partial charge in [-0.1, -0.05) is 56.9 Å². The molecule has 6 nitrogen and oxygen atoms in total.